The number of carbonyl (C=O) groups excluding carboxylic acids is 1. The molecule has 2 heterocycles. The third-order valence-corrected chi connectivity index (χ3v) is 7.01. The van der Waals surface area contributed by atoms with E-state index >= 15 is 0 Å². The number of aromatic nitrogens is 1. The summed E-state index contributed by atoms with van der Waals surface area (Å²) in [6.45, 7) is 0.727. The number of hydrogen-bond acceptors (Lipinski definition) is 6. The van der Waals surface area contributed by atoms with Gasteiger partial charge >= 0.3 is 0 Å². The summed E-state index contributed by atoms with van der Waals surface area (Å²) in [5, 5.41) is 2.62. The molecule has 1 aromatic carbocycles. The number of carbonyl (C=O) groups is 1. The van der Waals surface area contributed by atoms with Gasteiger partial charge in [0.2, 0.25) is 0 Å². The molecule has 8 heteroatoms. The minimum atomic E-state index is -3.07. The molecular weight excluding hydrogens is 372 g/mol. The second-order valence-electron chi connectivity index (χ2n) is 6.34. The van der Waals surface area contributed by atoms with Crippen molar-refractivity contribution in [1.82, 2.24) is 9.88 Å². The van der Waals surface area contributed by atoms with E-state index < -0.39 is 9.84 Å². The molecule has 0 spiro atoms. The second kappa shape index (κ2) is 8.28. The molecule has 1 aromatic heterocycles. The lowest BCUT2D eigenvalue weighted by Gasteiger charge is -2.27. The smallest absolute Gasteiger partial charge is 0.273 e. The number of thiazole rings is 1. The Morgan fingerprint density at radius 3 is 2.77 bits per heavy atom. The first-order valence-electron chi connectivity index (χ1n) is 8.47. The molecule has 2 aromatic rings. The Hall–Kier alpha value is -1.77. The first-order chi connectivity index (χ1) is 12.5. The second-order valence-corrected chi connectivity index (χ2v) is 9.51. The zero-order chi connectivity index (χ0) is 18.6. The molecule has 1 unspecified atom stereocenters. The number of rotatable bonds is 7. The van der Waals surface area contributed by atoms with Gasteiger partial charge in [-0.1, -0.05) is 30.3 Å². The zero-order valence-electron chi connectivity index (χ0n) is 14.6. The summed E-state index contributed by atoms with van der Waals surface area (Å²) in [6.07, 6.45) is 1.15. The van der Waals surface area contributed by atoms with Crippen LogP contribution in [0.3, 0.4) is 0 Å². The molecule has 1 amide bonds. The lowest BCUT2D eigenvalue weighted by atomic mass is 10.2. The minimum Gasteiger partial charge on any atom is -0.383 e. The van der Waals surface area contributed by atoms with Crippen molar-refractivity contribution in [3.05, 3.63) is 52.0 Å². The summed E-state index contributed by atoms with van der Waals surface area (Å²) >= 11 is 1.45. The van der Waals surface area contributed by atoms with Crippen LogP contribution in [0, 0.1) is 0 Å². The fourth-order valence-corrected chi connectivity index (χ4v) is 5.60. The molecule has 0 radical (unpaired) electrons. The van der Waals surface area contributed by atoms with Gasteiger partial charge in [-0.2, -0.15) is 0 Å². The predicted octanol–water partition coefficient (Wildman–Crippen LogP) is 2.01. The highest BCUT2D eigenvalue weighted by Crippen LogP contribution is 2.21. The van der Waals surface area contributed by atoms with E-state index in [0.717, 1.165) is 10.6 Å². The van der Waals surface area contributed by atoms with Gasteiger partial charge in [0, 0.05) is 31.5 Å². The molecule has 140 valence electrons. The maximum atomic E-state index is 12.9. The molecule has 0 bridgehead atoms. The van der Waals surface area contributed by atoms with Crippen LogP contribution in [0.15, 0.2) is 35.7 Å². The van der Waals surface area contributed by atoms with Gasteiger partial charge in [0.25, 0.3) is 5.91 Å². The van der Waals surface area contributed by atoms with Gasteiger partial charge in [0.15, 0.2) is 9.84 Å². The Labute approximate surface area is 157 Å². The van der Waals surface area contributed by atoms with Crippen LogP contribution < -0.4 is 0 Å². The maximum Gasteiger partial charge on any atom is 0.273 e. The summed E-state index contributed by atoms with van der Waals surface area (Å²) in [7, 11) is -1.50. The lowest BCUT2D eigenvalue weighted by Crippen LogP contribution is -2.43. The largest absolute Gasteiger partial charge is 0.383 e. The van der Waals surface area contributed by atoms with E-state index in [1.807, 2.05) is 30.3 Å². The predicted molar refractivity (Wildman–Crippen MR) is 101 cm³/mol. The molecule has 26 heavy (non-hydrogen) atoms. The van der Waals surface area contributed by atoms with Gasteiger partial charge in [-0.15, -0.1) is 11.3 Å². The SMILES string of the molecule is COCCN(C(=O)c1csc(Cc2ccccc2)n1)C1CCS(=O)(=O)C1. The van der Waals surface area contributed by atoms with Crippen molar-refractivity contribution in [1.29, 1.82) is 0 Å². The summed E-state index contributed by atoms with van der Waals surface area (Å²) in [5.41, 5.74) is 1.51. The van der Waals surface area contributed by atoms with Crippen molar-refractivity contribution in [3.8, 4) is 0 Å². The van der Waals surface area contributed by atoms with E-state index in [-0.39, 0.29) is 23.5 Å². The van der Waals surface area contributed by atoms with E-state index in [4.69, 9.17) is 4.74 Å². The van der Waals surface area contributed by atoms with E-state index in [0.29, 0.717) is 31.7 Å². The van der Waals surface area contributed by atoms with Crippen molar-refractivity contribution in [2.24, 2.45) is 0 Å². The van der Waals surface area contributed by atoms with Gasteiger partial charge in [-0.3, -0.25) is 4.79 Å². The molecule has 0 N–H and O–H groups in total. The highest BCUT2D eigenvalue weighted by molar-refractivity contribution is 7.91. The molecule has 6 nitrogen and oxygen atoms in total. The van der Waals surface area contributed by atoms with Crippen LogP contribution in [0.25, 0.3) is 0 Å². The minimum absolute atomic E-state index is 0.0173. The first-order valence-corrected chi connectivity index (χ1v) is 11.2. The number of amides is 1. The van der Waals surface area contributed by atoms with E-state index in [9.17, 15) is 13.2 Å². The van der Waals surface area contributed by atoms with Gasteiger partial charge in [-0.05, 0) is 12.0 Å². The van der Waals surface area contributed by atoms with Crippen LogP contribution in [0.1, 0.15) is 27.5 Å². The number of sulfone groups is 1. The van der Waals surface area contributed by atoms with Gasteiger partial charge in [0.05, 0.1) is 23.1 Å². The zero-order valence-corrected chi connectivity index (χ0v) is 16.3. The average molecular weight is 395 g/mol. The molecule has 1 aliphatic rings. The summed E-state index contributed by atoms with van der Waals surface area (Å²) in [6, 6.07) is 9.66. The third-order valence-electron chi connectivity index (χ3n) is 4.42. The molecular formula is C18H22N2O4S2. The van der Waals surface area contributed by atoms with Crippen molar-refractivity contribution < 1.29 is 17.9 Å². The van der Waals surface area contributed by atoms with Crippen LogP contribution in [0.5, 0.6) is 0 Å². The molecule has 0 aliphatic carbocycles. The number of hydrogen-bond donors (Lipinski definition) is 0. The number of methoxy groups -OCH3 is 1. The topological polar surface area (TPSA) is 76.6 Å². The Kier molecular flexibility index (Phi) is 6.05. The molecule has 1 atom stereocenters. The van der Waals surface area contributed by atoms with Crippen LogP contribution in [0.2, 0.25) is 0 Å². The summed E-state index contributed by atoms with van der Waals surface area (Å²) < 4.78 is 28.7. The monoisotopic (exact) mass is 394 g/mol. The fourth-order valence-electron chi connectivity index (χ4n) is 3.07. The van der Waals surface area contributed by atoms with Crippen molar-refractivity contribution in [2.75, 3.05) is 31.8 Å². The summed E-state index contributed by atoms with van der Waals surface area (Å²) in [5.74, 6) is -0.0755. The Bertz CT molecular complexity index is 849. The van der Waals surface area contributed by atoms with E-state index in [1.54, 1.807) is 17.4 Å². The number of nitrogens with zero attached hydrogens (tertiary/aromatic N) is 2. The standard InChI is InChI=1S/C18H22N2O4S2/c1-24-9-8-20(15-7-10-26(22,23)13-15)18(21)16-12-25-17(19-16)11-14-5-3-2-4-6-14/h2-6,12,15H,7-11,13H2,1H3. The maximum absolute atomic E-state index is 12.9. The van der Waals surface area contributed by atoms with Crippen LogP contribution in [0.4, 0.5) is 0 Å². The van der Waals surface area contributed by atoms with E-state index in [1.165, 1.54) is 11.3 Å². The Balaban J connectivity index is 1.74. The number of benzene rings is 1. The summed E-state index contributed by atoms with van der Waals surface area (Å²) in [4.78, 5) is 19.0. The fraction of sp³-hybridized carbons (Fsp3) is 0.444. The lowest BCUT2D eigenvalue weighted by molar-refractivity contribution is 0.0619. The van der Waals surface area contributed by atoms with Crippen molar-refractivity contribution >= 4 is 27.1 Å². The van der Waals surface area contributed by atoms with Gasteiger partial charge < -0.3 is 9.64 Å². The van der Waals surface area contributed by atoms with Crippen LogP contribution in [-0.4, -0.2) is 62.0 Å². The first kappa shape index (κ1) is 19.0. The van der Waals surface area contributed by atoms with E-state index in [2.05, 4.69) is 4.98 Å². The quantitative estimate of drug-likeness (QED) is 0.718. The highest BCUT2D eigenvalue weighted by Gasteiger charge is 2.35. The van der Waals surface area contributed by atoms with Gasteiger partial charge in [-0.25, -0.2) is 13.4 Å². The normalized spacial score (nSPS) is 18.7. The third kappa shape index (κ3) is 4.69. The van der Waals surface area contributed by atoms with Crippen molar-refractivity contribution in [2.45, 2.75) is 18.9 Å². The molecule has 3 rings (SSSR count). The molecule has 1 saturated heterocycles. The molecule has 1 aliphatic heterocycles. The average Bonchev–Trinajstić information content (AvgIpc) is 3.22. The van der Waals surface area contributed by atoms with Crippen LogP contribution >= 0.6 is 11.3 Å². The Morgan fingerprint density at radius 2 is 2.12 bits per heavy atom. The van der Waals surface area contributed by atoms with Crippen molar-refractivity contribution in [3.63, 3.8) is 0 Å². The molecule has 0 saturated carbocycles. The number of ether oxygens (including phenoxy) is 1. The Morgan fingerprint density at radius 1 is 1.35 bits per heavy atom. The molecule has 1 fully saturated rings. The van der Waals surface area contributed by atoms with Gasteiger partial charge in [0.1, 0.15) is 5.69 Å². The highest BCUT2D eigenvalue weighted by atomic mass is 32.2. The van der Waals surface area contributed by atoms with Crippen LogP contribution in [-0.2, 0) is 21.0 Å².